The minimum atomic E-state index is -3.63. The number of nitrogens with zero attached hydrogens (tertiary/aromatic N) is 2. The molecular formula is C9H17N5O4S. The molecule has 1 rings (SSSR count). The molecule has 0 aromatic carbocycles. The Hall–Kier alpha value is -1.33. The molecule has 0 aliphatic rings. The Labute approximate surface area is 111 Å². The number of hydrogen-bond donors (Lipinski definition) is 3. The van der Waals surface area contributed by atoms with E-state index in [4.69, 9.17) is 15.3 Å². The zero-order valence-electron chi connectivity index (χ0n) is 10.5. The van der Waals surface area contributed by atoms with Crippen LogP contribution >= 0.6 is 0 Å². The number of aromatic nitrogens is 2. The Morgan fingerprint density at radius 1 is 1.26 bits per heavy atom. The highest BCUT2D eigenvalue weighted by Gasteiger charge is 2.14. The van der Waals surface area contributed by atoms with E-state index in [0.29, 0.717) is 13.2 Å². The topological polar surface area (TPSA) is 128 Å². The summed E-state index contributed by atoms with van der Waals surface area (Å²) in [5.74, 6) is 5.22. The van der Waals surface area contributed by atoms with Gasteiger partial charge in [-0.3, -0.25) is 5.43 Å². The van der Waals surface area contributed by atoms with Crippen LogP contribution < -0.4 is 16.0 Å². The smallest absolute Gasteiger partial charge is 0.243 e. The average molecular weight is 291 g/mol. The molecule has 19 heavy (non-hydrogen) atoms. The minimum absolute atomic E-state index is 0.0385. The first kappa shape index (κ1) is 15.7. The maximum absolute atomic E-state index is 11.8. The van der Waals surface area contributed by atoms with Crippen molar-refractivity contribution in [2.24, 2.45) is 5.84 Å². The standard InChI is InChI=1S/C9H17N5O4S/c1-17-4-5-18-3-2-13-19(15,16)8-6-11-9(14-10)12-7-8/h6-7,13H,2-5,10H2,1H3,(H,11,12,14). The van der Waals surface area contributed by atoms with Gasteiger partial charge in [-0.05, 0) is 0 Å². The number of sulfonamides is 1. The molecule has 108 valence electrons. The second-order valence-electron chi connectivity index (χ2n) is 3.39. The van der Waals surface area contributed by atoms with E-state index in [1.54, 1.807) is 7.11 Å². The SMILES string of the molecule is COCCOCCNS(=O)(=O)c1cnc(NN)nc1. The second-order valence-corrected chi connectivity index (χ2v) is 5.16. The first-order valence-corrected chi connectivity index (χ1v) is 6.93. The largest absolute Gasteiger partial charge is 0.382 e. The molecule has 0 saturated carbocycles. The number of hydrazine groups is 1. The Morgan fingerprint density at radius 2 is 1.95 bits per heavy atom. The highest BCUT2D eigenvalue weighted by molar-refractivity contribution is 7.89. The van der Waals surface area contributed by atoms with Gasteiger partial charge in [0.05, 0.1) is 32.2 Å². The van der Waals surface area contributed by atoms with Crippen molar-refractivity contribution in [3.8, 4) is 0 Å². The summed E-state index contributed by atoms with van der Waals surface area (Å²) in [5.41, 5.74) is 2.21. The lowest BCUT2D eigenvalue weighted by molar-refractivity contribution is 0.0736. The lowest BCUT2D eigenvalue weighted by Crippen LogP contribution is -2.28. The van der Waals surface area contributed by atoms with Crippen LogP contribution in [0.4, 0.5) is 5.95 Å². The molecule has 0 aliphatic carbocycles. The van der Waals surface area contributed by atoms with Crippen LogP contribution in [-0.4, -0.2) is 51.9 Å². The van der Waals surface area contributed by atoms with E-state index in [-0.39, 0.29) is 24.0 Å². The first-order chi connectivity index (χ1) is 9.10. The van der Waals surface area contributed by atoms with Crippen LogP contribution in [0.25, 0.3) is 0 Å². The monoisotopic (exact) mass is 291 g/mol. The highest BCUT2D eigenvalue weighted by Crippen LogP contribution is 2.06. The Kier molecular flexibility index (Phi) is 6.59. The molecule has 0 saturated heterocycles. The van der Waals surface area contributed by atoms with Crippen LogP contribution in [0.15, 0.2) is 17.3 Å². The zero-order chi connectivity index (χ0) is 14.1. The Morgan fingerprint density at radius 3 is 2.53 bits per heavy atom. The molecule has 1 aromatic heterocycles. The second kappa shape index (κ2) is 7.96. The molecule has 10 heteroatoms. The summed E-state index contributed by atoms with van der Waals surface area (Å²) in [4.78, 5) is 7.40. The van der Waals surface area contributed by atoms with Crippen molar-refractivity contribution in [3.05, 3.63) is 12.4 Å². The molecule has 0 aliphatic heterocycles. The predicted molar refractivity (Wildman–Crippen MR) is 67.7 cm³/mol. The van der Waals surface area contributed by atoms with Gasteiger partial charge in [0.1, 0.15) is 4.90 Å². The molecular weight excluding hydrogens is 274 g/mol. The van der Waals surface area contributed by atoms with Crippen molar-refractivity contribution in [2.45, 2.75) is 4.90 Å². The number of nitrogens with one attached hydrogen (secondary N) is 2. The van der Waals surface area contributed by atoms with E-state index in [9.17, 15) is 8.42 Å². The number of anilines is 1. The average Bonchev–Trinajstić information content (AvgIpc) is 2.43. The van der Waals surface area contributed by atoms with Gasteiger partial charge in [0.15, 0.2) is 0 Å². The molecule has 1 heterocycles. The van der Waals surface area contributed by atoms with Crippen LogP contribution in [0.3, 0.4) is 0 Å². The summed E-state index contributed by atoms with van der Waals surface area (Å²) in [6.07, 6.45) is 2.33. The van der Waals surface area contributed by atoms with Gasteiger partial charge in [-0.1, -0.05) is 0 Å². The summed E-state index contributed by atoms with van der Waals surface area (Å²) in [7, 11) is -2.07. The summed E-state index contributed by atoms with van der Waals surface area (Å²) >= 11 is 0. The van der Waals surface area contributed by atoms with Crippen molar-refractivity contribution in [2.75, 3.05) is 38.9 Å². The third-order valence-electron chi connectivity index (χ3n) is 2.04. The van der Waals surface area contributed by atoms with Crippen LogP contribution in [0.2, 0.25) is 0 Å². The minimum Gasteiger partial charge on any atom is -0.382 e. The van der Waals surface area contributed by atoms with E-state index in [1.807, 2.05) is 0 Å². The number of rotatable bonds is 9. The number of methoxy groups -OCH3 is 1. The van der Waals surface area contributed by atoms with Crippen molar-refractivity contribution < 1.29 is 17.9 Å². The van der Waals surface area contributed by atoms with Crippen molar-refractivity contribution in [1.82, 2.24) is 14.7 Å². The molecule has 1 aromatic rings. The highest BCUT2D eigenvalue weighted by atomic mass is 32.2. The zero-order valence-corrected chi connectivity index (χ0v) is 11.3. The van der Waals surface area contributed by atoms with Crippen molar-refractivity contribution in [1.29, 1.82) is 0 Å². The summed E-state index contributed by atoms with van der Waals surface area (Å²) < 4.78 is 35.9. The van der Waals surface area contributed by atoms with Gasteiger partial charge in [0.2, 0.25) is 16.0 Å². The molecule has 0 radical (unpaired) electrons. The summed E-state index contributed by atoms with van der Waals surface area (Å²) in [6.45, 7) is 1.29. The van der Waals surface area contributed by atoms with Crippen LogP contribution in [0.1, 0.15) is 0 Å². The molecule has 0 fully saturated rings. The summed E-state index contributed by atoms with van der Waals surface area (Å²) in [5, 5.41) is 0. The third kappa shape index (κ3) is 5.44. The molecule has 0 spiro atoms. The molecule has 0 atom stereocenters. The van der Waals surface area contributed by atoms with Crippen molar-refractivity contribution in [3.63, 3.8) is 0 Å². The molecule has 4 N–H and O–H groups in total. The first-order valence-electron chi connectivity index (χ1n) is 5.45. The van der Waals surface area contributed by atoms with Gasteiger partial charge in [-0.2, -0.15) is 0 Å². The molecule has 0 bridgehead atoms. The maximum Gasteiger partial charge on any atom is 0.243 e. The van der Waals surface area contributed by atoms with Gasteiger partial charge in [0.25, 0.3) is 0 Å². The van der Waals surface area contributed by atoms with Crippen molar-refractivity contribution >= 4 is 16.0 Å². The van der Waals surface area contributed by atoms with Gasteiger partial charge in [0, 0.05) is 13.7 Å². The van der Waals surface area contributed by atoms with E-state index >= 15 is 0 Å². The molecule has 0 amide bonds. The third-order valence-corrected chi connectivity index (χ3v) is 3.45. The van der Waals surface area contributed by atoms with Gasteiger partial charge in [-0.25, -0.2) is 29.0 Å². The number of ether oxygens (including phenoxy) is 2. The quantitative estimate of drug-likeness (QED) is 0.291. The fraction of sp³-hybridized carbons (Fsp3) is 0.556. The fourth-order valence-corrected chi connectivity index (χ4v) is 2.01. The van der Waals surface area contributed by atoms with Gasteiger partial charge < -0.3 is 9.47 Å². The number of nitrogens with two attached hydrogens (primary N) is 1. The predicted octanol–water partition coefficient (Wildman–Crippen LogP) is -1.30. The van der Waals surface area contributed by atoms with E-state index in [2.05, 4.69) is 20.1 Å². The summed E-state index contributed by atoms with van der Waals surface area (Å²) in [6, 6.07) is 0. The molecule has 0 unspecified atom stereocenters. The van der Waals surface area contributed by atoms with Crippen LogP contribution in [0.5, 0.6) is 0 Å². The van der Waals surface area contributed by atoms with Crippen LogP contribution in [-0.2, 0) is 19.5 Å². The normalized spacial score (nSPS) is 11.5. The lowest BCUT2D eigenvalue weighted by Gasteiger charge is -2.07. The van der Waals surface area contributed by atoms with Crippen LogP contribution in [0, 0.1) is 0 Å². The Balaban J connectivity index is 2.42. The fourth-order valence-electron chi connectivity index (χ4n) is 1.11. The maximum atomic E-state index is 11.8. The van der Waals surface area contributed by atoms with E-state index in [0.717, 1.165) is 12.4 Å². The molecule has 9 nitrogen and oxygen atoms in total. The lowest BCUT2D eigenvalue weighted by atomic mass is 10.7. The van der Waals surface area contributed by atoms with Gasteiger partial charge in [-0.15, -0.1) is 0 Å². The number of nitrogen functional groups attached to an aromatic ring is 1. The van der Waals surface area contributed by atoms with E-state index < -0.39 is 10.0 Å². The van der Waals surface area contributed by atoms with E-state index in [1.165, 1.54) is 0 Å². The number of hydrogen-bond acceptors (Lipinski definition) is 8. The van der Waals surface area contributed by atoms with Gasteiger partial charge >= 0.3 is 0 Å². The Bertz CT molecular complexity index is 464.